The summed E-state index contributed by atoms with van der Waals surface area (Å²) >= 11 is 0. The third-order valence-electron chi connectivity index (χ3n) is 5.34. The third kappa shape index (κ3) is 3.47. The molecule has 2 aromatic heterocycles. The highest BCUT2D eigenvalue weighted by Crippen LogP contribution is 2.23. The molecule has 6 nitrogen and oxygen atoms in total. The van der Waals surface area contributed by atoms with Crippen molar-refractivity contribution in [2.24, 2.45) is 13.0 Å². The number of aryl methyl sites for hydroxylation is 1. The number of carbonyl (C=O) groups is 2. The fourth-order valence-electron chi connectivity index (χ4n) is 3.73. The Balaban J connectivity index is 1.36. The van der Waals surface area contributed by atoms with Gasteiger partial charge in [0.15, 0.2) is 0 Å². The topological polar surface area (TPSA) is 67.5 Å². The minimum Gasteiger partial charge on any atom is -0.467 e. The van der Waals surface area contributed by atoms with Crippen molar-refractivity contribution >= 4 is 22.7 Å². The molecule has 6 heteroatoms. The van der Waals surface area contributed by atoms with Crippen LogP contribution >= 0.6 is 0 Å². The van der Waals surface area contributed by atoms with Gasteiger partial charge in [0.05, 0.1) is 12.8 Å². The molecule has 4 rings (SSSR count). The Bertz CT molecular complexity index is 950. The number of aromatic nitrogens is 1. The van der Waals surface area contributed by atoms with E-state index in [2.05, 4.69) is 5.32 Å². The lowest BCUT2D eigenvalue weighted by Gasteiger charge is -2.31. The van der Waals surface area contributed by atoms with Gasteiger partial charge in [-0.15, -0.1) is 0 Å². The quantitative estimate of drug-likeness (QED) is 0.773. The maximum absolute atomic E-state index is 12.9. The van der Waals surface area contributed by atoms with E-state index in [-0.39, 0.29) is 17.7 Å². The summed E-state index contributed by atoms with van der Waals surface area (Å²) in [6.45, 7) is 1.60. The standard InChI is InChI=1S/C21H23N3O3/c1-23-18-7-3-2-5-16(18)13-19(23)21(26)24-10-8-15(9-11-24)20(25)22-14-17-6-4-12-27-17/h2-7,12-13,15H,8-11,14H2,1H3,(H,22,25). The van der Waals surface area contributed by atoms with Crippen molar-refractivity contribution in [1.29, 1.82) is 0 Å². The summed E-state index contributed by atoms with van der Waals surface area (Å²) in [5, 5.41) is 3.98. The van der Waals surface area contributed by atoms with Crippen molar-refractivity contribution in [2.45, 2.75) is 19.4 Å². The molecule has 3 aromatic rings. The van der Waals surface area contributed by atoms with Crippen molar-refractivity contribution in [2.75, 3.05) is 13.1 Å². The second-order valence-corrected chi connectivity index (χ2v) is 7.01. The molecular formula is C21H23N3O3. The lowest BCUT2D eigenvalue weighted by molar-refractivity contribution is -0.126. The first-order chi connectivity index (χ1) is 13.1. The van der Waals surface area contributed by atoms with Crippen LogP contribution in [0.5, 0.6) is 0 Å². The zero-order chi connectivity index (χ0) is 18.8. The zero-order valence-corrected chi connectivity index (χ0v) is 15.4. The molecule has 0 spiro atoms. The molecule has 1 N–H and O–H groups in total. The van der Waals surface area contributed by atoms with Crippen LogP contribution < -0.4 is 5.32 Å². The molecule has 0 radical (unpaired) electrons. The van der Waals surface area contributed by atoms with E-state index in [9.17, 15) is 9.59 Å². The number of hydrogen-bond donors (Lipinski definition) is 1. The lowest BCUT2D eigenvalue weighted by Crippen LogP contribution is -2.43. The zero-order valence-electron chi connectivity index (χ0n) is 15.4. The highest BCUT2D eigenvalue weighted by atomic mass is 16.3. The number of amides is 2. The predicted molar refractivity (Wildman–Crippen MR) is 102 cm³/mol. The number of benzene rings is 1. The molecule has 0 bridgehead atoms. The molecule has 1 saturated heterocycles. The van der Waals surface area contributed by atoms with Crippen molar-refractivity contribution in [3.63, 3.8) is 0 Å². The largest absolute Gasteiger partial charge is 0.467 e. The van der Waals surface area contributed by atoms with Gasteiger partial charge in [0.2, 0.25) is 5.91 Å². The van der Waals surface area contributed by atoms with Crippen LogP contribution in [-0.4, -0.2) is 34.4 Å². The molecule has 140 valence electrons. The van der Waals surface area contributed by atoms with Crippen molar-refractivity contribution in [3.05, 3.63) is 60.2 Å². The summed E-state index contributed by atoms with van der Waals surface area (Å²) in [5.41, 5.74) is 1.74. The van der Waals surface area contributed by atoms with Crippen molar-refractivity contribution in [3.8, 4) is 0 Å². The minimum atomic E-state index is -0.0588. The number of carbonyl (C=O) groups excluding carboxylic acids is 2. The van der Waals surface area contributed by atoms with E-state index in [4.69, 9.17) is 4.42 Å². The second-order valence-electron chi connectivity index (χ2n) is 7.01. The number of nitrogens with one attached hydrogen (secondary N) is 1. The van der Waals surface area contributed by atoms with Crippen LogP contribution in [0.4, 0.5) is 0 Å². The number of likely N-dealkylation sites (tertiary alicyclic amines) is 1. The van der Waals surface area contributed by atoms with Gasteiger partial charge in [-0.1, -0.05) is 18.2 Å². The Morgan fingerprint density at radius 1 is 1.15 bits per heavy atom. The van der Waals surface area contributed by atoms with E-state index >= 15 is 0 Å². The number of rotatable bonds is 4. The fourth-order valence-corrected chi connectivity index (χ4v) is 3.73. The molecule has 1 aromatic carbocycles. The van der Waals surface area contributed by atoms with Crippen LogP contribution in [0.25, 0.3) is 10.9 Å². The average molecular weight is 365 g/mol. The molecule has 1 fully saturated rings. The summed E-state index contributed by atoms with van der Waals surface area (Å²) in [6, 6.07) is 13.6. The molecule has 1 aliphatic rings. The van der Waals surface area contributed by atoms with Gasteiger partial charge < -0.3 is 19.2 Å². The van der Waals surface area contributed by atoms with Crippen LogP contribution in [0.15, 0.2) is 53.1 Å². The Labute approximate surface area is 157 Å². The van der Waals surface area contributed by atoms with E-state index in [1.54, 1.807) is 12.3 Å². The van der Waals surface area contributed by atoms with Gasteiger partial charge in [-0.3, -0.25) is 9.59 Å². The molecule has 2 amide bonds. The summed E-state index contributed by atoms with van der Waals surface area (Å²) in [7, 11) is 1.92. The van der Waals surface area contributed by atoms with Crippen LogP contribution in [0.3, 0.4) is 0 Å². The number of fused-ring (bicyclic) bond motifs is 1. The smallest absolute Gasteiger partial charge is 0.270 e. The maximum atomic E-state index is 12.9. The highest BCUT2D eigenvalue weighted by Gasteiger charge is 2.29. The van der Waals surface area contributed by atoms with Crippen molar-refractivity contribution < 1.29 is 14.0 Å². The van der Waals surface area contributed by atoms with Gasteiger partial charge in [-0.25, -0.2) is 0 Å². The molecule has 0 unspecified atom stereocenters. The monoisotopic (exact) mass is 365 g/mol. The fraction of sp³-hybridized carbons (Fsp3) is 0.333. The Hall–Kier alpha value is -3.02. The molecule has 0 atom stereocenters. The summed E-state index contributed by atoms with van der Waals surface area (Å²) in [4.78, 5) is 27.1. The second kappa shape index (κ2) is 7.31. The van der Waals surface area contributed by atoms with E-state index < -0.39 is 0 Å². The van der Waals surface area contributed by atoms with Gasteiger partial charge in [0, 0.05) is 37.0 Å². The minimum absolute atomic E-state index is 0.0307. The Morgan fingerprint density at radius 3 is 2.63 bits per heavy atom. The summed E-state index contributed by atoms with van der Waals surface area (Å²) < 4.78 is 7.18. The van der Waals surface area contributed by atoms with Gasteiger partial charge >= 0.3 is 0 Å². The Morgan fingerprint density at radius 2 is 1.93 bits per heavy atom. The van der Waals surface area contributed by atoms with E-state index in [1.807, 2.05) is 52.9 Å². The van der Waals surface area contributed by atoms with Gasteiger partial charge in [0.25, 0.3) is 5.91 Å². The first kappa shape index (κ1) is 17.4. The van der Waals surface area contributed by atoms with Crippen LogP contribution in [0, 0.1) is 5.92 Å². The molecule has 0 saturated carbocycles. The van der Waals surface area contributed by atoms with E-state index in [0.29, 0.717) is 38.2 Å². The number of furan rings is 1. The highest BCUT2D eigenvalue weighted by molar-refractivity contribution is 5.98. The molecular weight excluding hydrogens is 342 g/mol. The molecule has 3 heterocycles. The summed E-state index contributed by atoms with van der Waals surface area (Å²) in [6.07, 6.45) is 2.96. The van der Waals surface area contributed by atoms with Crippen molar-refractivity contribution in [1.82, 2.24) is 14.8 Å². The number of piperidine rings is 1. The molecule has 27 heavy (non-hydrogen) atoms. The maximum Gasteiger partial charge on any atom is 0.270 e. The number of hydrogen-bond acceptors (Lipinski definition) is 3. The van der Waals surface area contributed by atoms with E-state index in [0.717, 1.165) is 16.7 Å². The predicted octanol–water partition coefficient (Wildman–Crippen LogP) is 2.94. The normalized spacial score (nSPS) is 15.2. The number of para-hydroxylation sites is 1. The van der Waals surface area contributed by atoms with Gasteiger partial charge in [0.1, 0.15) is 11.5 Å². The first-order valence-electron chi connectivity index (χ1n) is 9.27. The Kier molecular flexibility index (Phi) is 4.71. The lowest BCUT2D eigenvalue weighted by atomic mass is 9.95. The summed E-state index contributed by atoms with van der Waals surface area (Å²) in [5.74, 6) is 0.745. The van der Waals surface area contributed by atoms with Crippen LogP contribution in [0.1, 0.15) is 29.1 Å². The molecule has 1 aliphatic heterocycles. The van der Waals surface area contributed by atoms with Crippen LogP contribution in [-0.2, 0) is 18.4 Å². The van der Waals surface area contributed by atoms with Gasteiger partial charge in [-0.2, -0.15) is 0 Å². The van der Waals surface area contributed by atoms with E-state index in [1.165, 1.54) is 0 Å². The van der Waals surface area contributed by atoms with Gasteiger partial charge in [-0.05, 0) is 37.1 Å². The third-order valence-corrected chi connectivity index (χ3v) is 5.34. The molecule has 0 aliphatic carbocycles. The average Bonchev–Trinajstić information content (AvgIpc) is 3.34. The first-order valence-corrected chi connectivity index (χ1v) is 9.27. The van der Waals surface area contributed by atoms with Crippen LogP contribution in [0.2, 0.25) is 0 Å². The number of nitrogens with zero attached hydrogens (tertiary/aromatic N) is 2. The SMILES string of the molecule is Cn1c(C(=O)N2CCC(C(=O)NCc3ccco3)CC2)cc2ccccc21.